The third-order valence-electron chi connectivity index (χ3n) is 2.14. The van der Waals surface area contributed by atoms with Crippen LogP contribution in [0.25, 0.3) is 0 Å². The molecule has 1 atom stereocenters. The smallest absolute Gasteiger partial charge is 0.240 e. The van der Waals surface area contributed by atoms with E-state index in [0.29, 0.717) is 0 Å². The van der Waals surface area contributed by atoms with Gasteiger partial charge in [0.25, 0.3) is 0 Å². The molecule has 3 nitrogen and oxygen atoms in total. The SMILES string of the molecule is CC(C)C(Nc1ccc(Br)cc1)C(N)=O. The first-order valence-corrected chi connectivity index (χ1v) is 5.61. The molecular weight excluding hydrogens is 256 g/mol. The summed E-state index contributed by atoms with van der Waals surface area (Å²) in [5.41, 5.74) is 6.20. The fourth-order valence-corrected chi connectivity index (χ4v) is 1.56. The van der Waals surface area contributed by atoms with Crippen molar-refractivity contribution in [2.75, 3.05) is 5.32 Å². The summed E-state index contributed by atoms with van der Waals surface area (Å²) in [6.45, 7) is 3.92. The molecule has 1 amide bonds. The van der Waals surface area contributed by atoms with Gasteiger partial charge in [-0.2, -0.15) is 0 Å². The zero-order valence-corrected chi connectivity index (χ0v) is 10.4. The molecule has 0 aliphatic rings. The summed E-state index contributed by atoms with van der Waals surface area (Å²) < 4.78 is 1.01. The number of rotatable bonds is 4. The van der Waals surface area contributed by atoms with E-state index in [4.69, 9.17) is 5.73 Å². The summed E-state index contributed by atoms with van der Waals surface area (Å²) in [4.78, 5) is 11.2. The van der Waals surface area contributed by atoms with Gasteiger partial charge in [0, 0.05) is 10.2 Å². The van der Waals surface area contributed by atoms with E-state index in [2.05, 4.69) is 21.2 Å². The zero-order valence-electron chi connectivity index (χ0n) is 8.83. The number of hydrogen-bond donors (Lipinski definition) is 2. The second-order valence-electron chi connectivity index (χ2n) is 3.78. The van der Waals surface area contributed by atoms with E-state index in [1.165, 1.54) is 0 Å². The molecule has 0 bridgehead atoms. The van der Waals surface area contributed by atoms with Crippen LogP contribution in [-0.4, -0.2) is 11.9 Å². The van der Waals surface area contributed by atoms with E-state index in [1.807, 2.05) is 38.1 Å². The highest BCUT2D eigenvalue weighted by atomic mass is 79.9. The first-order chi connectivity index (χ1) is 7.00. The Kier molecular flexibility index (Phi) is 4.15. The molecule has 0 saturated carbocycles. The lowest BCUT2D eigenvalue weighted by atomic mass is 10.0. The molecule has 0 spiro atoms. The van der Waals surface area contributed by atoms with Gasteiger partial charge in [0.05, 0.1) is 0 Å². The standard InChI is InChI=1S/C11H15BrN2O/c1-7(2)10(11(13)15)14-9-5-3-8(12)4-6-9/h3-7,10,14H,1-2H3,(H2,13,15). The van der Waals surface area contributed by atoms with Crippen LogP contribution in [0.2, 0.25) is 0 Å². The number of amides is 1. The van der Waals surface area contributed by atoms with Crippen molar-refractivity contribution in [3.8, 4) is 0 Å². The van der Waals surface area contributed by atoms with E-state index in [0.717, 1.165) is 10.2 Å². The van der Waals surface area contributed by atoms with Gasteiger partial charge in [-0.25, -0.2) is 0 Å². The lowest BCUT2D eigenvalue weighted by Crippen LogP contribution is -2.39. The number of halogens is 1. The van der Waals surface area contributed by atoms with Crippen molar-refractivity contribution >= 4 is 27.5 Å². The molecule has 4 heteroatoms. The quantitative estimate of drug-likeness (QED) is 0.883. The van der Waals surface area contributed by atoms with E-state index in [-0.39, 0.29) is 17.9 Å². The Hall–Kier alpha value is -1.03. The largest absolute Gasteiger partial charge is 0.373 e. The molecule has 1 unspecified atom stereocenters. The second kappa shape index (κ2) is 5.16. The molecule has 0 aromatic heterocycles. The number of anilines is 1. The molecule has 82 valence electrons. The third kappa shape index (κ3) is 3.55. The topological polar surface area (TPSA) is 55.1 Å². The molecule has 3 N–H and O–H groups in total. The van der Waals surface area contributed by atoms with Crippen molar-refractivity contribution in [2.45, 2.75) is 19.9 Å². The average molecular weight is 271 g/mol. The summed E-state index contributed by atoms with van der Waals surface area (Å²) in [7, 11) is 0. The summed E-state index contributed by atoms with van der Waals surface area (Å²) >= 11 is 3.35. The van der Waals surface area contributed by atoms with Crippen LogP contribution >= 0.6 is 15.9 Å². The maximum atomic E-state index is 11.2. The van der Waals surface area contributed by atoms with Crippen molar-refractivity contribution in [3.05, 3.63) is 28.7 Å². The fourth-order valence-electron chi connectivity index (χ4n) is 1.29. The number of primary amides is 1. The second-order valence-corrected chi connectivity index (χ2v) is 4.69. The van der Waals surface area contributed by atoms with Crippen LogP contribution in [0.4, 0.5) is 5.69 Å². The summed E-state index contributed by atoms with van der Waals surface area (Å²) in [6, 6.07) is 7.32. The highest BCUT2D eigenvalue weighted by Crippen LogP contribution is 2.16. The Balaban J connectivity index is 2.74. The van der Waals surface area contributed by atoms with Crippen LogP contribution < -0.4 is 11.1 Å². The van der Waals surface area contributed by atoms with Crippen molar-refractivity contribution in [1.29, 1.82) is 0 Å². The first-order valence-electron chi connectivity index (χ1n) is 4.82. The first kappa shape index (κ1) is 12.0. The maximum absolute atomic E-state index is 11.2. The fraction of sp³-hybridized carbons (Fsp3) is 0.364. The van der Waals surface area contributed by atoms with E-state index in [1.54, 1.807) is 0 Å². The normalized spacial score (nSPS) is 12.5. The highest BCUT2D eigenvalue weighted by Gasteiger charge is 2.18. The van der Waals surface area contributed by atoms with Gasteiger partial charge in [0.1, 0.15) is 6.04 Å². The Morgan fingerprint density at radius 1 is 1.33 bits per heavy atom. The van der Waals surface area contributed by atoms with Crippen LogP contribution in [0.5, 0.6) is 0 Å². The molecular formula is C11H15BrN2O. The van der Waals surface area contributed by atoms with Gasteiger partial charge in [0.15, 0.2) is 0 Å². The predicted octanol–water partition coefficient (Wildman–Crippen LogP) is 2.37. The number of benzene rings is 1. The van der Waals surface area contributed by atoms with Gasteiger partial charge in [-0.1, -0.05) is 29.8 Å². The van der Waals surface area contributed by atoms with Crippen molar-refractivity contribution < 1.29 is 4.79 Å². The molecule has 0 fully saturated rings. The minimum absolute atomic E-state index is 0.172. The Labute approximate surface area is 98.2 Å². The van der Waals surface area contributed by atoms with Gasteiger partial charge in [0.2, 0.25) is 5.91 Å². The Bertz CT molecular complexity index is 335. The molecule has 15 heavy (non-hydrogen) atoms. The van der Waals surface area contributed by atoms with Crippen LogP contribution in [0.1, 0.15) is 13.8 Å². The minimum atomic E-state index is -0.328. The monoisotopic (exact) mass is 270 g/mol. The lowest BCUT2D eigenvalue weighted by molar-refractivity contribution is -0.119. The van der Waals surface area contributed by atoms with Crippen LogP contribution in [0.3, 0.4) is 0 Å². The lowest BCUT2D eigenvalue weighted by Gasteiger charge is -2.20. The number of hydrogen-bond acceptors (Lipinski definition) is 2. The van der Waals surface area contributed by atoms with E-state index < -0.39 is 0 Å². The van der Waals surface area contributed by atoms with Gasteiger partial charge >= 0.3 is 0 Å². The molecule has 0 aliphatic carbocycles. The average Bonchev–Trinajstić information content (AvgIpc) is 2.15. The molecule has 1 rings (SSSR count). The maximum Gasteiger partial charge on any atom is 0.240 e. The van der Waals surface area contributed by atoms with Gasteiger partial charge in [-0.3, -0.25) is 4.79 Å². The molecule has 1 aromatic carbocycles. The molecule has 1 aromatic rings. The van der Waals surface area contributed by atoms with Crippen molar-refractivity contribution in [3.63, 3.8) is 0 Å². The third-order valence-corrected chi connectivity index (χ3v) is 2.67. The number of carbonyl (C=O) groups is 1. The van der Waals surface area contributed by atoms with Crippen molar-refractivity contribution in [2.24, 2.45) is 11.7 Å². The zero-order chi connectivity index (χ0) is 11.4. The molecule has 0 saturated heterocycles. The Morgan fingerprint density at radius 2 is 1.87 bits per heavy atom. The number of carbonyl (C=O) groups excluding carboxylic acids is 1. The predicted molar refractivity (Wildman–Crippen MR) is 65.6 cm³/mol. The highest BCUT2D eigenvalue weighted by molar-refractivity contribution is 9.10. The van der Waals surface area contributed by atoms with Crippen molar-refractivity contribution in [1.82, 2.24) is 0 Å². The molecule has 0 heterocycles. The summed E-state index contributed by atoms with van der Waals surface area (Å²) in [5.74, 6) is -0.154. The van der Waals surface area contributed by atoms with Crippen LogP contribution in [-0.2, 0) is 4.79 Å². The van der Waals surface area contributed by atoms with Gasteiger partial charge < -0.3 is 11.1 Å². The number of nitrogens with two attached hydrogens (primary N) is 1. The summed E-state index contributed by atoms with van der Waals surface area (Å²) in [6.07, 6.45) is 0. The van der Waals surface area contributed by atoms with Gasteiger partial charge in [-0.05, 0) is 30.2 Å². The van der Waals surface area contributed by atoms with E-state index >= 15 is 0 Å². The van der Waals surface area contributed by atoms with Crippen LogP contribution in [0, 0.1) is 5.92 Å². The van der Waals surface area contributed by atoms with E-state index in [9.17, 15) is 4.79 Å². The number of nitrogens with one attached hydrogen (secondary N) is 1. The molecule has 0 aliphatic heterocycles. The van der Waals surface area contributed by atoms with Gasteiger partial charge in [-0.15, -0.1) is 0 Å². The summed E-state index contributed by atoms with van der Waals surface area (Å²) in [5, 5.41) is 3.11. The minimum Gasteiger partial charge on any atom is -0.373 e. The van der Waals surface area contributed by atoms with Crippen LogP contribution in [0.15, 0.2) is 28.7 Å². The molecule has 0 radical (unpaired) electrons. The Morgan fingerprint density at radius 3 is 2.27 bits per heavy atom.